The molecule has 5 N–H and O–H groups in total. The van der Waals surface area contributed by atoms with Crippen LogP contribution in [0.1, 0.15) is 25.3 Å². The Balaban J connectivity index is 2.01. The maximum Gasteiger partial charge on any atom is 0.222 e. The third-order valence-electron chi connectivity index (χ3n) is 4.13. The van der Waals surface area contributed by atoms with E-state index in [-0.39, 0.29) is 5.95 Å². The Bertz CT molecular complexity index is 689. The first kappa shape index (κ1) is 15.2. The minimum absolute atomic E-state index is 0.128. The lowest BCUT2D eigenvalue weighted by Crippen LogP contribution is -2.38. The highest BCUT2D eigenvalue weighted by Crippen LogP contribution is 2.34. The Morgan fingerprint density at radius 2 is 2.09 bits per heavy atom. The van der Waals surface area contributed by atoms with Crippen LogP contribution >= 0.6 is 0 Å². The maximum absolute atomic E-state index is 10.3. The number of fused-ring (bicyclic) bond motifs is 1. The number of nitrogens with two attached hydrogens (primary N) is 1. The highest BCUT2D eigenvalue weighted by Gasteiger charge is 2.46. The second kappa shape index (κ2) is 5.47. The van der Waals surface area contributed by atoms with Gasteiger partial charge in [0.05, 0.1) is 11.8 Å². The molecule has 0 bridgehead atoms. The second-order valence-electron chi connectivity index (χ2n) is 5.58. The summed E-state index contributed by atoms with van der Waals surface area (Å²) >= 11 is 0. The van der Waals surface area contributed by atoms with Gasteiger partial charge in [-0.1, -0.05) is 6.92 Å². The van der Waals surface area contributed by atoms with Gasteiger partial charge < -0.3 is 30.4 Å². The molecule has 0 spiro atoms. The largest absolute Gasteiger partial charge is 0.390 e. The quantitative estimate of drug-likeness (QED) is 0.613. The molecule has 0 aromatic carbocycles. The molecule has 8 nitrogen and oxygen atoms in total. The Hall–Kier alpha value is -1.74. The van der Waals surface area contributed by atoms with Crippen molar-refractivity contribution >= 4 is 17.0 Å². The van der Waals surface area contributed by atoms with Crippen LogP contribution in [-0.2, 0) is 4.74 Å². The van der Waals surface area contributed by atoms with E-state index in [9.17, 15) is 15.3 Å². The molecule has 5 unspecified atom stereocenters. The van der Waals surface area contributed by atoms with Crippen molar-refractivity contribution in [3.63, 3.8) is 0 Å². The van der Waals surface area contributed by atoms with Crippen LogP contribution in [0.5, 0.6) is 0 Å². The highest BCUT2D eigenvalue weighted by molar-refractivity contribution is 5.79. The van der Waals surface area contributed by atoms with E-state index in [2.05, 4.69) is 9.97 Å². The third-order valence-corrected chi connectivity index (χ3v) is 4.13. The van der Waals surface area contributed by atoms with E-state index in [1.807, 2.05) is 6.92 Å². The van der Waals surface area contributed by atoms with E-state index in [4.69, 9.17) is 10.5 Å². The Morgan fingerprint density at radius 3 is 2.77 bits per heavy atom. The molecule has 5 atom stereocenters. The molecule has 0 saturated carbocycles. The molecule has 3 rings (SSSR count). The zero-order valence-electron chi connectivity index (χ0n) is 12.4. The summed E-state index contributed by atoms with van der Waals surface area (Å²) in [6.07, 6.45) is -2.75. The molecule has 1 aliphatic rings. The number of nitrogen functional groups attached to an aromatic ring is 1. The van der Waals surface area contributed by atoms with Gasteiger partial charge >= 0.3 is 0 Å². The summed E-state index contributed by atoms with van der Waals surface area (Å²) in [6, 6.07) is 1.80. The van der Waals surface area contributed by atoms with Crippen molar-refractivity contribution in [1.29, 1.82) is 0 Å². The number of aromatic nitrogens is 3. The molecule has 0 amide bonds. The SMILES string of the molecule is CCC(O)C1OC(n2ccc3c(C)nc(N)nc32)C(O)C1O. The average molecular weight is 308 g/mol. The summed E-state index contributed by atoms with van der Waals surface area (Å²) in [6.45, 7) is 3.60. The van der Waals surface area contributed by atoms with Crippen LogP contribution in [0, 0.1) is 6.92 Å². The van der Waals surface area contributed by atoms with Gasteiger partial charge in [0.25, 0.3) is 0 Å². The molecule has 8 heteroatoms. The summed E-state index contributed by atoms with van der Waals surface area (Å²) in [5.41, 5.74) is 6.93. The molecule has 2 aromatic rings. The Kier molecular flexibility index (Phi) is 3.77. The maximum atomic E-state index is 10.3. The number of nitrogens with zero attached hydrogens (tertiary/aromatic N) is 3. The van der Waals surface area contributed by atoms with Gasteiger partial charge in [-0.15, -0.1) is 0 Å². The van der Waals surface area contributed by atoms with Gasteiger partial charge in [-0.3, -0.25) is 0 Å². The fourth-order valence-corrected chi connectivity index (χ4v) is 2.88. The van der Waals surface area contributed by atoms with Crippen LogP contribution in [0.15, 0.2) is 12.3 Å². The predicted molar refractivity (Wildman–Crippen MR) is 78.9 cm³/mol. The summed E-state index contributed by atoms with van der Waals surface area (Å²) in [4.78, 5) is 8.28. The summed E-state index contributed by atoms with van der Waals surface area (Å²) in [5, 5.41) is 31.1. The minimum Gasteiger partial charge on any atom is -0.390 e. The van der Waals surface area contributed by atoms with Crippen LogP contribution in [0.4, 0.5) is 5.95 Å². The molecule has 120 valence electrons. The third kappa shape index (κ3) is 2.24. The first-order valence-electron chi connectivity index (χ1n) is 7.24. The van der Waals surface area contributed by atoms with E-state index in [1.165, 1.54) is 0 Å². The molecule has 2 aromatic heterocycles. The first-order chi connectivity index (χ1) is 10.4. The van der Waals surface area contributed by atoms with E-state index >= 15 is 0 Å². The molecule has 1 aliphatic heterocycles. The molecular weight excluding hydrogens is 288 g/mol. The smallest absolute Gasteiger partial charge is 0.222 e. The van der Waals surface area contributed by atoms with Crippen LogP contribution in [0.3, 0.4) is 0 Å². The number of ether oxygens (including phenoxy) is 1. The number of anilines is 1. The molecule has 22 heavy (non-hydrogen) atoms. The number of aliphatic hydroxyl groups is 3. The van der Waals surface area contributed by atoms with E-state index < -0.39 is 30.6 Å². The predicted octanol–water partition coefficient (Wildman–Crippen LogP) is -0.288. The first-order valence-corrected chi connectivity index (χ1v) is 7.24. The topological polar surface area (TPSA) is 127 Å². The number of rotatable bonds is 3. The van der Waals surface area contributed by atoms with E-state index in [1.54, 1.807) is 23.8 Å². The summed E-state index contributed by atoms with van der Waals surface area (Å²) < 4.78 is 7.29. The lowest BCUT2D eigenvalue weighted by molar-refractivity contribution is -0.0839. The van der Waals surface area contributed by atoms with E-state index in [0.29, 0.717) is 12.1 Å². The fraction of sp³-hybridized carbons (Fsp3) is 0.571. The second-order valence-corrected chi connectivity index (χ2v) is 5.58. The Labute approximate surface area is 127 Å². The van der Waals surface area contributed by atoms with Crippen molar-refractivity contribution in [2.75, 3.05) is 5.73 Å². The van der Waals surface area contributed by atoms with Crippen LogP contribution in [-0.4, -0.2) is 54.3 Å². The molecular formula is C14H20N4O4. The summed E-state index contributed by atoms with van der Waals surface area (Å²) in [7, 11) is 0. The highest BCUT2D eigenvalue weighted by atomic mass is 16.6. The van der Waals surface area contributed by atoms with Crippen LogP contribution in [0.2, 0.25) is 0 Å². The molecule has 0 radical (unpaired) electrons. The Morgan fingerprint density at radius 1 is 1.36 bits per heavy atom. The van der Waals surface area contributed by atoms with Gasteiger partial charge in [0, 0.05) is 11.6 Å². The van der Waals surface area contributed by atoms with Gasteiger partial charge in [0.1, 0.15) is 24.0 Å². The molecule has 0 aliphatic carbocycles. The fourth-order valence-electron chi connectivity index (χ4n) is 2.88. The van der Waals surface area contributed by atoms with Gasteiger partial charge in [-0.05, 0) is 19.4 Å². The summed E-state index contributed by atoms with van der Waals surface area (Å²) in [5.74, 6) is 0.128. The van der Waals surface area contributed by atoms with Crippen molar-refractivity contribution in [3.8, 4) is 0 Å². The minimum atomic E-state index is -1.17. The molecule has 3 heterocycles. The van der Waals surface area contributed by atoms with Crippen LogP contribution < -0.4 is 5.73 Å². The lowest BCUT2D eigenvalue weighted by atomic mass is 10.0. The van der Waals surface area contributed by atoms with Crippen molar-refractivity contribution in [3.05, 3.63) is 18.0 Å². The standard InChI is InChI=1S/C14H20N4O4/c1-3-8(19)11-9(20)10(21)13(22-11)18-5-4-7-6(2)16-14(15)17-12(7)18/h4-5,8-11,13,19-21H,3H2,1-2H3,(H2,15,16,17). The molecule has 1 fully saturated rings. The van der Waals surface area contributed by atoms with Gasteiger partial charge in [-0.25, -0.2) is 4.98 Å². The van der Waals surface area contributed by atoms with Gasteiger partial charge in [0.15, 0.2) is 6.23 Å². The number of aryl methyl sites for hydroxylation is 1. The number of hydrogen-bond acceptors (Lipinski definition) is 7. The van der Waals surface area contributed by atoms with Crippen molar-refractivity contribution < 1.29 is 20.1 Å². The molecule has 1 saturated heterocycles. The number of hydrogen-bond donors (Lipinski definition) is 4. The van der Waals surface area contributed by atoms with E-state index in [0.717, 1.165) is 11.1 Å². The van der Waals surface area contributed by atoms with Gasteiger partial charge in [0.2, 0.25) is 5.95 Å². The lowest BCUT2D eigenvalue weighted by Gasteiger charge is -2.19. The monoisotopic (exact) mass is 308 g/mol. The van der Waals surface area contributed by atoms with Crippen molar-refractivity contribution in [1.82, 2.24) is 14.5 Å². The van der Waals surface area contributed by atoms with Crippen molar-refractivity contribution in [2.45, 2.75) is 50.9 Å². The zero-order valence-corrected chi connectivity index (χ0v) is 12.4. The zero-order chi connectivity index (χ0) is 16.0. The number of aliphatic hydroxyl groups excluding tert-OH is 3. The van der Waals surface area contributed by atoms with Gasteiger partial charge in [-0.2, -0.15) is 4.98 Å². The normalized spacial score (nSPS) is 30.0. The average Bonchev–Trinajstić information content (AvgIpc) is 3.01. The van der Waals surface area contributed by atoms with Crippen molar-refractivity contribution in [2.24, 2.45) is 0 Å². The van der Waals surface area contributed by atoms with Crippen LogP contribution in [0.25, 0.3) is 11.0 Å².